The smallest absolute Gasteiger partial charge is 0.194 e. The molecule has 0 radical (unpaired) electrons. The largest absolute Gasteiger partial charge is 0.359 e. The Morgan fingerprint density at radius 2 is 1.96 bits per heavy atom. The van der Waals surface area contributed by atoms with Gasteiger partial charge in [0.1, 0.15) is 17.7 Å². The summed E-state index contributed by atoms with van der Waals surface area (Å²) in [5.74, 6) is -0.141. The zero-order valence-electron chi connectivity index (χ0n) is 15.7. The molecular formula is C19H24ClFN2O3S. The van der Waals surface area contributed by atoms with Gasteiger partial charge in [0, 0.05) is 6.26 Å². The Morgan fingerprint density at radius 1 is 1.30 bits per heavy atom. The first-order chi connectivity index (χ1) is 12.6. The lowest BCUT2D eigenvalue weighted by atomic mass is 9.86. The number of sulfone groups is 1. The lowest BCUT2D eigenvalue weighted by Gasteiger charge is -2.36. The van der Waals surface area contributed by atoms with Crippen molar-refractivity contribution in [3.05, 3.63) is 46.1 Å². The first-order valence-corrected chi connectivity index (χ1v) is 11.3. The third-order valence-corrected chi connectivity index (χ3v) is 6.41. The maximum absolute atomic E-state index is 13.6. The number of aryl methyl sites for hydroxylation is 1. The van der Waals surface area contributed by atoms with Crippen LogP contribution in [0.4, 0.5) is 4.39 Å². The number of ether oxygens (including phenoxy) is 1. The number of aromatic nitrogens is 2. The molecule has 0 bridgehead atoms. The highest BCUT2D eigenvalue weighted by Crippen LogP contribution is 2.38. The fourth-order valence-corrected chi connectivity index (χ4v) is 4.67. The molecule has 1 aliphatic rings. The van der Waals surface area contributed by atoms with E-state index in [-0.39, 0.29) is 15.6 Å². The Balaban J connectivity index is 2.05. The second kappa shape index (κ2) is 7.53. The van der Waals surface area contributed by atoms with Crippen LogP contribution in [0.2, 0.25) is 5.02 Å². The van der Waals surface area contributed by atoms with Crippen LogP contribution in [0.5, 0.6) is 0 Å². The molecule has 1 aromatic heterocycles. The molecule has 0 spiro atoms. The van der Waals surface area contributed by atoms with Crippen LogP contribution in [0.1, 0.15) is 62.2 Å². The van der Waals surface area contributed by atoms with E-state index in [2.05, 4.69) is 16.9 Å². The number of H-pyrrole nitrogens is 1. The Labute approximate surface area is 164 Å². The monoisotopic (exact) mass is 414 g/mol. The number of benzene rings is 1. The molecular weight excluding hydrogens is 391 g/mol. The van der Waals surface area contributed by atoms with Crippen molar-refractivity contribution in [3.8, 4) is 0 Å². The molecule has 0 amide bonds. The predicted molar refractivity (Wildman–Crippen MR) is 102 cm³/mol. The summed E-state index contributed by atoms with van der Waals surface area (Å²) in [7, 11) is -3.48. The Bertz CT molecular complexity index is 936. The van der Waals surface area contributed by atoms with Crippen molar-refractivity contribution < 1.29 is 17.5 Å². The van der Waals surface area contributed by atoms with Crippen molar-refractivity contribution in [2.75, 3.05) is 6.26 Å². The summed E-state index contributed by atoms with van der Waals surface area (Å²) in [6.07, 6.45) is 5.56. The zero-order chi connectivity index (χ0) is 19.8. The molecule has 1 aromatic carbocycles. The summed E-state index contributed by atoms with van der Waals surface area (Å²) in [6.45, 7) is 3.71. The molecule has 1 unspecified atom stereocenters. The molecule has 1 aliphatic carbocycles. The molecule has 2 aromatic rings. The van der Waals surface area contributed by atoms with Crippen molar-refractivity contribution in [2.45, 2.75) is 62.7 Å². The first-order valence-electron chi connectivity index (χ1n) is 8.98. The Kier molecular flexibility index (Phi) is 5.66. The van der Waals surface area contributed by atoms with Crippen molar-refractivity contribution in [1.29, 1.82) is 0 Å². The quantitative estimate of drug-likeness (QED) is 0.766. The minimum absolute atomic E-state index is 0.00638. The van der Waals surface area contributed by atoms with Gasteiger partial charge in [0.25, 0.3) is 0 Å². The van der Waals surface area contributed by atoms with E-state index in [0.29, 0.717) is 17.1 Å². The molecule has 27 heavy (non-hydrogen) atoms. The van der Waals surface area contributed by atoms with E-state index < -0.39 is 21.8 Å². The topological polar surface area (TPSA) is 72.0 Å². The van der Waals surface area contributed by atoms with Crippen molar-refractivity contribution in [2.24, 2.45) is 0 Å². The number of hydrogen-bond donors (Lipinski definition) is 1. The molecule has 3 rings (SSSR count). The number of halogens is 2. The van der Waals surface area contributed by atoms with Crippen LogP contribution < -0.4 is 0 Å². The normalized spacial score (nSPS) is 18.4. The SMILES string of the molecule is Cc1[nH]c(C(OC2(C)CCCCC2)c2ccc(F)c(Cl)c2)nc1S(C)(=O)=O. The van der Waals surface area contributed by atoms with Gasteiger partial charge in [0.2, 0.25) is 0 Å². The second-order valence-electron chi connectivity index (χ2n) is 7.51. The molecule has 0 aliphatic heterocycles. The number of aromatic amines is 1. The van der Waals surface area contributed by atoms with E-state index in [1.807, 2.05) is 0 Å². The highest BCUT2D eigenvalue weighted by atomic mass is 35.5. The highest BCUT2D eigenvalue weighted by Gasteiger charge is 2.34. The summed E-state index contributed by atoms with van der Waals surface area (Å²) < 4.78 is 44.1. The van der Waals surface area contributed by atoms with Gasteiger partial charge in [0.05, 0.1) is 16.3 Å². The van der Waals surface area contributed by atoms with Crippen LogP contribution in [0.25, 0.3) is 0 Å². The molecule has 0 saturated heterocycles. The van der Waals surface area contributed by atoms with Crippen LogP contribution >= 0.6 is 11.6 Å². The predicted octanol–water partition coefficient (Wildman–Crippen LogP) is 4.74. The van der Waals surface area contributed by atoms with Crippen LogP contribution in [-0.2, 0) is 14.6 Å². The van der Waals surface area contributed by atoms with Gasteiger partial charge in [0.15, 0.2) is 14.9 Å². The minimum atomic E-state index is -3.48. The minimum Gasteiger partial charge on any atom is -0.359 e. The van der Waals surface area contributed by atoms with E-state index >= 15 is 0 Å². The summed E-state index contributed by atoms with van der Waals surface area (Å²) >= 11 is 5.97. The van der Waals surface area contributed by atoms with Gasteiger partial charge in [-0.3, -0.25) is 0 Å². The van der Waals surface area contributed by atoms with Gasteiger partial charge < -0.3 is 9.72 Å². The van der Waals surface area contributed by atoms with Crippen molar-refractivity contribution in [1.82, 2.24) is 9.97 Å². The Hall–Kier alpha value is -1.44. The summed E-state index contributed by atoms with van der Waals surface area (Å²) in [5, 5.41) is -0.0189. The fourth-order valence-electron chi connectivity index (χ4n) is 3.61. The molecule has 1 atom stereocenters. The van der Waals surface area contributed by atoms with E-state index in [1.165, 1.54) is 18.6 Å². The lowest BCUT2D eigenvalue weighted by molar-refractivity contribution is -0.0916. The van der Waals surface area contributed by atoms with Gasteiger partial charge in [-0.1, -0.05) is 36.9 Å². The second-order valence-corrected chi connectivity index (χ2v) is 9.84. The third-order valence-electron chi connectivity index (χ3n) is 5.02. The van der Waals surface area contributed by atoms with Crippen LogP contribution in [-0.4, -0.2) is 30.2 Å². The van der Waals surface area contributed by atoms with E-state index in [1.54, 1.807) is 13.0 Å². The molecule has 1 heterocycles. The van der Waals surface area contributed by atoms with Crippen molar-refractivity contribution >= 4 is 21.4 Å². The molecule has 1 N–H and O–H groups in total. The molecule has 1 fully saturated rings. The van der Waals surface area contributed by atoms with E-state index in [0.717, 1.165) is 31.9 Å². The maximum Gasteiger partial charge on any atom is 0.194 e. The average Bonchev–Trinajstić information content (AvgIpc) is 2.98. The van der Waals surface area contributed by atoms with Crippen LogP contribution in [0, 0.1) is 12.7 Å². The maximum atomic E-state index is 13.6. The first kappa shape index (κ1) is 20.3. The summed E-state index contributed by atoms with van der Waals surface area (Å²) in [4.78, 5) is 7.34. The number of imidazole rings is 1. The summed E-state index contributed by atoms with van der Waals surface area (Å²) in [5.41, 5.74) is 0.709. The van der Waals surface area contributed by atoms with Gasteiger partial charge in [-0.2, -0.15) is 0 Å². The number of nitrogens with zero attached hydrogens (tertiary/aromatic N) is 1. The number of hydrogen-bond acceptors (Lipinski definition) is 4. The lowest BCUT2D eigenvalue weighted by Crippen LogP contribution is -2.33. The van der Waals surface area contributed by atoms with Crippen LogP contribution in [0.15, 0.2) is 23.2 Å². The molecule has 8 heteroatoms. The standard InChI is InChI=1S/C19H24ClFN2O3S/c1-12-18(27(3,24)25)23-17(22-12)16(13-7-8-15(21)14(20)11-13)26-19(2)9-5-4-6-10-19/h7-8,11,16H,4-6,9-10H2,1-3H3,(H,22,23). The zero-order valence-corrected chi connectivity index (χ0v) is 17.3. The number of nitrogens with one attached hydrogen (secondary N) is 1. The fraction of sp³-hybridized carbons (Fsp3) is 0.526. The highest BCUT2D eigenvalue weighted by molar-refractivity contribution is 7.90. The number of rotatable bonds is 5. The van der Waals surface area contributed by atoms with E-state index in [4.69, 9.17) is 16.3 Å². The van der Waals surface area contributed by atoms with Gasteiger partial charge in [-0.25, -0.2) is 17.8 Å². The van der Waals surface area contributed by atoms with Crippen molar-refractivity contribution in [3.63, 3.8) is 0 Å². The van der Waals surface area contributed by atoms with Crippen LogP contribution in [0.3, 0.4) is 0 Å². The molecule has 148 valence electrons. The van der Waals surface area contributed by atoms with E-state index in [9.17, 15) is 12.8 Å². The van der Waals surface area contributed by atoms with Gasteiger partial charge in [-0.05, 0) is 44.4 Å². The Morgan fingerprint density at radius 3 is 2.52 bits per heavy atom. The molecule has 5 nitrogen and oxygen atoms in total. The average molecular weight is 415 g/mol. The molecule has 1 saturated carbocycles. The van der Waals surface area contributed by atoms with Gasteiger partial charge >= 0.3 is 0 Å². The van der Waals surface area contributed by atoms with Gasteiger partial charge in [-0.15, -0.1) is 0 Å². The summed E-state index contributed by atoms with van der Waals surface area (Å²) in [6, 6.07) is 4.38. The third kappa shape index (κ3) is 4.52.